The zero-order chi connectivity index (χ0) is 9.94. The second-order valence-corrected chi connectivity index (χ2v) is 3.27. The summed E-state index contributed by atoms with van der Waals surface area (Å²) in [6.45, 7) is 2.65. The lowest BCUT2D eigenvalue weighted by atomic mass is 10.2. The minimum Gasteiger partial charge on any atom is -0.394 e. The maximum absolute atomic E-state index is 8.68. The Morgan fingerprint density at radius 1 is 1.00 bits per heavy atom. The van der Waals surface area contributed by atoms with Crippen LogP contribution in [0.3, 0.4) is 0 Å². The Hall–Kier alpha value is -0.120. The lowest BCUT2D eigenvalue weighted by Crippen LogP contribution is -2.22. The van der Waals surface area contributed by atoms with E-state index in [1.165, 1.54) is 25.7 Å². The Bertz CT molecular complexity index is 92.2. The fourth-order valence-corrected chi connectivity index (χ4v) is 1.12. The van der Waals surface area contributed by atoms with Gasteiger partial charge in [-0.2, -0.15) is 0 Å². The van der Waals surface area contributed by atoms with Crippen LogP contribution in [0.2, 0.25) is 0 Å². The summed E-state index contributed by atoms with van der Waals surface area (Å²) in [5.74, 6) is 0. The fraction of sp³-hybridized carbons (Fsp3) is 1.00. The van der Waals surface area contributed by atoms with E-state index in [9.17, 15) is 0 Å². The van der Waals surface area contributed by atoms with E-state index in [-0.39, 0.29) is 19.3 Å². The molecule has 0 atom stereocenters. The molecule has 0 heterocycles. The van der Waals surface area contributed by atoms with Crippen LogP contribution in [0.5, 0.6) is 0 Å². The van der Waals surface area contributed by atoms with Crippen molar-refractivity contribution in [1.82, 2.24) is 0 Å². The van der Waals surface area contributed by atoms with Gasteiger partial charge in [0.25, 0.3) is 0 Å². The summed E-state index contributed by atoms with van der Waals surface area (Å²) in [7, 11) is 0. The van der Waals surface area contributed by atoms with Crippen molar-refractivity contribution >= 4 is 0 Å². The first-order chi connectivity index (χ1) is 6.35. The molecule has 0 aromatic heterocycles. The van der Waals surface area contributed by atoms with Gasteiger partial charge in [0.15, 0.2) is 0 Å². The molecule has 3 nitrogen and oxygen atoms in total. The quantitative estimate of drug-likeness (QED) is 0.539. The molecule has 0 fully saturated rings. The molecule has 0 spiro atoms. The molecule has 0 aliphatic carbocycles. The third-order valence-corrected chi connectivity index (χ3v) is 2.01. The van der Waals surface area contributed by atoms with Crippen LogP contribution in [-0.2, 0) is 4.74 Å². The normalized spacial score (nSPS) is 11.1. The molecule has 80 valence electrons. The van der Waals surface area contributed by atoms with Gasteiger partial charge in [-0.25, -0.2) is 0 Å². The predicted molar refractivity (Wildman–Crippen MR) is 52.7 cm³/mol. The van der Waals surface area contributed by atoms with Crippen LogP contribution in [0.15, 0.2) is 0 Å². The minimum absolute atomic E-state index is 0.0918. The van der Waals surface area contributed by atoms with Crippen molar-refractivity contribution in [2.24, 2.45) is 0 Å². The predicted octanol–water partition coefficient (Wildman–Crippen LogP) is 1.33. The number of rotatable bonds is 9. The molecule has 0 aliphatic heterocycles. The van der Waals surface area contributed by atoms with Gasteiger partial charge in [0, 0.05) is 6.61 Å². The number of hydrogen-bond donors (Lipinski definition) is 2. The summed E-state index contributed by atoms with van der Waals surface area (Å²) in [5.41, 5.74) is 0. The van der Waals surface area contributed by atoms with Crippen LogP contribution in [0.1, 0.15) is 39.0 Å². The van der Waals surface area contributed by atoms with Gasteiger partial charge in [0.1, 0.15) is 6.10 Å². The summed E-state index contributed by atoms with van der Waals surface area (Å²) in [6, 6.07) is 0. The number of hydrogen-bond acceptors (Lipinski definition) is 3. The van der Waals surface area contributed by atoms with E-state index in [0.717, 1.165) is 6.42 Å². The molecule has 0 radical (unpaired) electrons. The standard InChI is InChI=1S/C10H22O3/c1-2-3-4-5-6-7-13-10(8-11)9-12/h10-12H,2-9H2,1H3. The molecule has 0 saturated carbocycles. The van der Waals surface area contributed by atoms with Crippen molar-refractivity contribution in [3.05, 3.63) is 0 Å². The van der Waals surface area contributed by atoms with Crippen molar-refractivity contribution in [3.63, 3.8) is 0 Å². The van der Waals surface area contributed by atoms with Crippen LogP contribution < -0.4 is 0 Å². The summed E-state index contributed by atoms with van der Waals surface area (Å²) in [6.07, 6.45) is 5.60. The van der Waals surface area contributed by atoms with Crippen LogP contribution in [-0.4, -0.2) is 36.1 Å². The first kappa shape index (κ1) is 12.9. The highest BCUT2D eigenvalue weighted by atomic mass is 16.5. The Balaban J connectivity index is 3.05. The molecule has 0 amide bonds. The topological polar surface area (TPSA) is 49.7 Å². The molecule has 2 N–H and O–H groups in total. The van der Waals surface area contributed by atoms with Gasteiger partial charge >= 0.3 is 0 Å². The fourth-order valence-electron chi connectivity index (χ4n) is 1.12. The van der Waals surface area contributed by atoms with Crippen LogP contribution in [0.25, 0.3) is 0 Å². The summed E-state index contributed by atoms with van der Waals surface area (Å²) < 4.78 is 5.22. The first-order valence-electron chi connectivity index (χ1n) is 5.18. The first-order valence-corrected chi connectivity index (χ1v) is 5.18. The Kier molecular flexibility index (Phi) is 9.87. The highest BCUT2D eigenvalue weighted by molar-refractivity contribution is 4.51. The molecule has 0 aromatic rings. The maximum Gasteiger partial charge on any atom is 0.104 e. The minimum atomic E-state index is -0.383. The van der Waals surface area contributed by atoms with E-state index < -0.39 is 0 Å². The van der Waals surface area contributed by atoms with E-state index in [1.54, 1.807) is 0 Å². The molecule has 0 aromatic carbocycles. The average molecular weight is 190 g/mol. The second-order valence-electron chi connectivity index (χ2n) is 3.27. The molecular formula is C10H22O3. The Labute approximate surface area is 80.7 Å². The molecule has 13 heavy (non-hydrogen) atoms. The molecule has 0 saturated heterocycles. The molecule has 0 rings (SSSR count). The van der Waals surface area contributed by atoms with Crippen molar-refractivity contribution in [1.29, 1.82) is 0 Å². The zero-order valence-corrected chi connectivity index (χ0v) is 8.54. The SMILES string of the molecule is CCCCCCCOC(CO)CO. The number of aliphatic hydroxyl groups excluding tert-OH is 2. The number of unbranched alkanes of at least 4 members (excludes halogenated alkanes) is 4. The number of aliphatic hydroxyl groups is 2. The largest absolute Gasteiger partial charge is 0.394 e. The van der Waals surface area contributed by atoms with Crippen LogP contribution >= 0.6 is 0 Å². The number of ether oxygens (including phenoxy) is 1. The van der Waals surface area contributed by atoms with Gasteiger partial charge in [-0.1, -0.05) is 32.6 Å². The van der Waals surface area contributed by atoms with Gasteiger partial charge in [0.2, 0.25) is 0 Å². The lowest BCUT2D eigenvalue weighted by molar-refractivity contribution is -0.0208. The zero-order valence-electron chi connectivity index (χ0n) is 8.54. The summed E-state index contributed by atoms with van der Waals surface area (Å²) >= 11 is 0. The van der Waals surface area contributed by atoms with Crippen molar-refractivity contribution in [2.45, 2.75) is 45.1 Å². The maximum atomic E-state index is 8.68. The van der Waals surface area contributed by atoms with Crippen molar-refractivity contribution in [3.8, 4) is 0 Å². The second kappa shape index (κ2) is 9.96. The Morgan fingerprint density at radius 2 is 1.62 bits per heavy atom. The van der Waals surface area contributed by atoms with Gasteiger partial charge in [-0.3, -0.25) is 0 Å². The summed E-state index contributed by atoms with van der Waals surface area (Å²) in [5, 5.41) is 17.4. The van der Waals surface area contributed by atoms with Gasteiger partial charge in [0.05, 0.1) is 13.2 Å². The van der Waals surface area contributed by atoms with Crippen LogP contribution in [0, 0.1) is 0 Å². The third-order valence-electron chi connectivity index (χ3n) is 2.01. The van der Waals surface area contributed by atoms with E-state index in [4.69, 9.17) is 14.9 Å². The molecule has 3 heteroatoms. The third kappa shape index (κ3) is 8.22. The highest BCUT2D eigenvalue weighted by Gasteiger charge is 2.03. The van der Waals surface area contributed by atoms with Crippen LogP contribution in [0.4, 0.5) is 0 Å². The molecule has 0 aliphatic rings. The van der Waals surface area contributed by atoms with E-state index in [2.05, 4.69) is 6.92 Å². The van der Waals surface area contributed by atoms with Crippen molar-refractivity contribution in [2.75, 3.05) is 19.8 Å². The average Bonchev–Trinajstić information content (AvgIpc) is 2.17. The molecule has 0 bridgehead atoms. The smallest absolute Gasteiger partial charge is 0.104 e. The highest BCUT2D eigenvalue weighted by Crippen LogP contribution is 2.03. The van der Waals surface area contributed by atoms with E-state index in [1.807, 2.05) is 0 Å². The van der Waals surface area contributed by atoms with Crippen molar-refractivity contribution < 1.29 is 14.9 Å². The monoisotopic (exact) mass is 190 g/mol. The van der Waals surface area contributed by atoms with Gasteiger partial charge in [-0.15, -0.1) is 0 Å². The van der Waals surface area contributed by atoms with E-state index >= 15 is 0 Å². The van der Waals surface area contributed by atoms with Gasteiger partial charge < -0.3 is 14.9 Å². The Morgan fingerprint density at radius 3 is 2.15 bits per heavy atom. The molecule has 0 unspecified atom stereocenters. The molecular weight excluding hydrogens is 168 g/mol. The van der Waals surface area contributed by atoms with E-state index in [0.29, 0.717) is 6.61 Å². The van der Waals surface area contributed by atoms with Gasteiger partial charge in [-0.05, 0) is 6.42 Å². The lowest BCUT2D eigenvalue weighted by Gasteiger charge is -2.11. The summed E-state index contributed by atoms with van der Waals surface area (Å²) in [4.78, 5) is 0.